The third-order valence-corrected chi connectivity index (χ3v) is 2.58. The molecule has 0 saturated heterocycles. The minimum atomic E-state index is -4.54. The number of nitrogens with zero attached hydrogens (tertiary/aromatic N) is 1. The lowest BCUT2D eigenvalue weighted by Crippen LogP contribution is -2.31. The molecule has 0 bridgehead atoms. The van der Waals surface area contributed by atoms with Crippen molar-refractivity contribution in [3.05, 3.63) is 23.4 Å². The molecular weight excluding hydrogens is 275 g/mol. The molecule has 4 nitrogen and oxygen atoms in total. The molecule has 0 spiro atoms. The summed E-state index contributed by atoms with van der Waals surface area (Å²) >= 11 is 0. The first-order chi connectivity index (χ1) is 8.91. The summed E-state index contributed by atoms with van der Waals surface area (Å²) < 4.78 is 42.1. The number of carboxylic acids is 1. The molecule has 112 valence electrons. The van der Waals surface area contributed by atoms with Crippen LogP contribution in [0.25, 0.3) is 0 Å². The van der Waals surface area contributed by atoms with Gasteiger partial charge in [-0.25, -0.2) is 9.78 Å². The van der Waals surface area contributed by atoms with E-state index in [1.165, 1.54) is 6.07 Å². The van der Waals surface area contributed by atoms with Crippen LogP contribution in [-0.4, -0.2) is 28.3 Å². The third-order valence-electron chi connectivity index (χ3n) is 2.58. The van der Waals surface area contributed by atoms with E-state index in [-0.39, 0.29) is 11.4 Å². The summed E-state index contributed by atoms with van der Waals surface area (Å²) in [6.45, 7) is 6.17. The summed E-state index contributed by atoms with van der Waals surface area (Å²) in [4.78, 5) is 15.0. The Hall–Kier alpha value is -1.79. The number of ether oxygens (including phenoxy) is 1. The fourth-order valence-electron chi connectivity index (χ4n) is 1.32. The van der Waals surface area contributed by atoms with Gasteiger partial charge >= 0.3 is 12.1 Å². The topological polar surface area (TPSA) is 59.4 Å². The van der Waals surface area contributed by atoms with E-state index in [9.17, 15) is 18.0 Å². The van der Waals surface area contributed by atoms with Gasteiger partial charge in [0.15, 0.2) is 6.10 Å². The first-order valence-corrected chi connectivity index (χ1v) is 5.90. The van der Waals surface area contributed by atoms with Gasteiger partial charge in [0.05, 0.1) is 11.3 Å². The molecular formula is C13H16F3NO3. The Balaban J connectivity index is 3.20. The lowest BCUT2D eigenvalue weighted by Gasteiger charge is -2.21. The highest BCUT2D eigenvalue weighted by Gasteiger charge is 2.38. The van der Waals surface area contributed by atoms with Crippen molar-refractivity contribution in [3.63, 3.8) is 0 Å². The maximum Gasteiger partial charge on any atom is 0.425 e. The van der Waals surface area contributed by atoms with Crippen LogP contribution in [0.1, 0.15) is 43.7 Å². The van der Waals surface area contributed by atoms with Gasteiger partial charge in [0.25, 0.3) is 0 Å². The van der Waals surface area contributed by atoms with Crippen molar-refractivity contribution in [2.75, 3.05) is 0 Å². The predicted molar refractivity (Wildman–Crippen MR) is 66.0 cm³/mol. The van der Waals surface area contributed by atoms with E-state index in [1.807, 2.05) is 0 Å². The van der Waals surface area contributed by atoms with Crippen molar-refractivity contribution in [1.29, 1.82) is 0 Å². The number of carboxylic acid groups (broad SMARTS) is 1. The number of hydrogen-bond donors (Lipinski definition) is 1. The Kier molecular flexibility index (Phi) is 4.31. The molecule has 1 rings (SSSR count). The smallest absolute Gasteiger partial charge is 0.425 e. The van der Waals surface area contributed by atoms with Crippen molar-refractivity contribution in [2.45, 2.75) is 45.4 Å². The van der Waals surface area contributed by atoms with Crippen LogP contribution in [0.2, 0.25) is 0 Å². The van der Waals surface area contributed by atoms with Crippen molar-refractivity contribution in [2.24, 2.45) is 0 Å². The van der Waals surface area contributed by atoms with Crippen LogP contribution < -0.4 is 4.74 Å². The van der Waals surface area contributed by atoms with Crippen LogP contribution in [0.3, 0.4) is 0 Å². The molecule has 0 fully saturated rings. The van der Waals surface area contributed by atoms with E-state index in [4.69, 9.17) is 9.84 Å². The van der Waals surface area contributed by atoms with Crippen molar-refractivity contribution in [3.8, 4) is 5.88 Å². The van der Waals surface area contributed by atoms with Gasteiger partial charge in [-0.05, 0) is 13.0 Å². The number of hydrogen-bond acceptors (Lipinski definition) is 3. The second-order valence-electron chi connectivity index (χ2n) is 5.44. The van der Waals surface area contributed by atoms with E-state index in [0.717, 1.165) is 13.0 Å². The molecule has 1 heterocycles. The highest BCUT2D eigenvalue weighted by Crippen LogP contribution is 2.28. The normalized spacial score (nSPS) is 13.9. The Morgan fingerprint density at radius 1 is 1.30 bits per heavy atom. The van der Waals surface area contributed by atoms with E-state index in [1.54, 1.807) is 20.8 Å². The van der Waals surface area contributed by atoms with Crippen molar-refractivity contribution < 1.29 is 27.8 Å². The standard InChI is InChI=1S/C13H16F3NO3/c1-7(13(14,15)16)20-10-6-8(11(18)19)5-9(17-10)12(2,3)4/h5-7H,1-4H3,(H,18,19). The highest BCUT2D eigenvalue weighted by atomic mass is 19.4. The molecule has 0 aromatic carbocycles. The van der Waals surface area contributed by atoms with E-state index < -0.39 is 23.7 Å². The minimum absolute atomic E-state index is 0.158. The Morgan fingerprint density at radius 2 is 1.85 bits per heavy atom. The van der Waals surface area contributed by atoms with Crippen LogP contribution in [0, 0.1) is 0 Å². The molecule has 0 radical (unpaired) electrons. The number of pyridine rings is 1. The predicted octanol–water partition coefficient (Wildman–Crippen LogP) is 3.41. The van der Waals surface area contributed by atoms with E-state index in [0.29, 0.717) is 5.69 Å². The number of aromatic carboxylic acids is 1. The van der Waals surface area contributed by atoms with Crippen LogP contribution >= 0.6 is 0 Å². The van der Waals surface area contributed by atoms with Crippen LogP contribution in [0.5, 0.6) is 5.88 Å². The molecule has 0 amide bonds. The number of carbonyl (C=O) groups is 1. The monoisotopic (exact) mass is 291 g/mol. The average Bonchev–Trinajstić information content (AvgIpc) is 2.25. The number of aromatic nitrogens is 1. The van der Waals surface area contributed by atoms with Gasteiger partial charge in [-0.3, -0.25) is 0 Å². The average molecular weight is 291 g/mol. The van der Waals surface area contributed by atoms with Gasteiger partial charge in [-0.2, -0.15) is 13.2 Å². The van der Waals surface area contributed by atoms with Crippen LogP contribution in [0.4, 0.5) is 13.2 Å². The molecule has 0 saturated carbocycles. The molecule has 0 aliphatic carbocycles. The third kappa shape index (κ3) is 4.11. The van der Waals surface area contributed by atoms with Crippen molar-refractivity contribution in [1.82, 2.24) is 4.98 Å². The molecule has 7 heteroatoms. The Morgan fingerprint density at radius 3 is 2.25 bits per heavy atom. The zero-order valence-corrected chi connectivity index (χ0v) is 11.6. The zero-order valence-electron chi connectivity index (χ0n) is 11.6. The summed E-state index contributed by atoms with van der Waals surface area (Å²) in [5, 5.41) is 8.99. The second-order valence-corrected chi connectivity index (χ2v) is 5.44. The quantitative estimate of drug-likeness (QED) is 0.927. The zero-order chi connectivity index (χ0) is 15.7. The number of alkyl halides is 3. The summed E-state index contributed by atoms with van der Waals surface area (Å²) in [7, 11) is 0. The molecule has 0 aliphatic heterocycles. The molecule has 1 N–H and O–H groups in total. The van der Waals surface area contributed by atoms with Gasteiger partial charge in [0.1, 0.15) is 0 Å². The first-order valence-electron chi connectivity index (χ1n) is 5.90. The number of rotatable bonds is 3. The minimum Gasteiger partial charge on any atom is -0.478 e. The fourth-order valence-corrected chi connectivity index (χ4v) is 1.32. The van der Waals surface area contributed by atoms with Gasteiger partial charge in [0, 0.05) is 11.5 Å². The highest BCUT2D eigenvalue weighted by molar-refractivity contribution is 5.88. The van der Waals surface area contributed by atoms with Gasteiger partial charge in [-0.1, -0.05) is 20.8 Å². The fraction of sp³-hybridized carbons (Fsp3) is 0.538. The molecule has 20 heavy (non-hydrogen) atoms. The van der Waals surface area contributed by atoms with Gasteiger partial charge in [0.2, 0.25) is 5.88 Å². The molecule has 1 unspecified atom stereocenters. The molecule has 1 aromatic rings. The van der Waals surface area contributed by atoms with Crippen LogP contribution in [0.15, 0.2) is 12.1 Å². The summed E-state index contributed by atoms with van der Waals surface area (Å²) in [6.07, 6.45) is -6.60. The lowest BCUT2D eigenvalue weighted by atomic mass is 9.91. The van der Waals surface area contributed by atoms with E-state index in [2.05, 4.69) is 4.98 Å². The molecule has 1 atom stereocenters. The van der Waals surface area contributed by atoms with Crippen LogP contribution in [-0.2, 0) is 5.41 Å². The molecule has 0 aliphatic rings. The Labute approximate surface area is 114 Å². The second kappa shape index (κ2) is 5.30. The Bertz CT molecular complexity index is 507. The van der Waals surface area contributed by atoms with E-state index >= 15 is 0 Å². The SMILES string of the molecule is CC(Oc1cc(C(=O)O)cc(C(C)(C)C)n1)C(F)(F)F. The first kappa shape index (κ1) is 16.3. The molecule has 1 aromatic heterocycles. The maximum atomic E-state index is 12.5. The summed E-state index contributed by atoms with van der Waals surface area (Å²) in [5.74, 6) is -1.60. The maximum absolute atomic E-state index is 12.5. The lowest BCUT2D eigenvalue weighted by molar-refractivity contribution is -0.190. The number of halogens is 3. The summed E-state index contributed by atoms with van der Waals surface area (Å²) in [6, 6.07) is 2.31. The van der Waals surface area contributed by atoms with Gasteiger partial charge < -0.3 is 9.84 Å². The van der Waals surface area contributed by atoms with Gasteiger partial charge in [-0.15, -0.1) is 0 Å². The van der Waals surface area contributed by atoms with Crippen molar-refractivity contribution >= 4 is 5.97 Å². The largest absolute Gasteiger partial charge is 0.478 e. The summed E-state index contributed by atoms with van der Waals surface area (Å²) in [5.41, 5.74) is -0.318.